The molecule has 0 bridgehead atoms. The minimum Gasteiger partial charge on any atom is -0.464 e. The van der Waals surface area contributed by atoms with Gasteiger partial charge in [0.1, 0.15) is 0 Å². The van der Waals surface area contributed by atoms with Crippen molar-refractivity contribution in [1.82, 2.24) is 0 Å². The number of alkyl halides is 3. The van der Waals surface area contributed by atoms with Crippen molar-refractivity contribution in [2.45, 2.75) is 19.1 Å². The maximum atomic E-state index is 12.3. The minimum atomic E-state index is -4.48. The zero-order valence-electron chi connectivity index (χ0n) is 10.0. The number of nitrogens with two attached hydrogens (primary N) is 1. The van der Waals surface area contributed by atoms with E-state index in [1.54, 1.807) is 6.92 Å². The lowest BCUT2D eigenvalue weighted by molar-refractivity contribution is -0.143. The molecule has 0 saturated heterocycles. The molecule has 1 unspecified atom stereocenters. The Labute approximate surface area is 107 Å². The molecule has 0 aliphatic rings. The fourth-order valence-corrected chi connectivity index (χ4v) is 1.34. The van der Waals surface area contributed by atoms with Gasteiger partial charge in [-0.2, -0.15) is 13.2 Å². The van der Waals surface area contributed by atoms with Crippen LogP contribution in [0.4, 0.5) is 13.2 Å². The number of hydrogen-bond acceptors (Lipinski definition) is 4. The summed E-state index contributed by atoms with van der Waals surface area (Å²) in [6, 6.07) is 1.93. The largest absolute Gasteiger partial charge is 0.464 e. The zero-order valence-corrected chi connectivity index (χ0v) is 10.0. The molecule has 104 valence electrons. The number of esters is 1. The highest BCUT2D eigenvalue weighted by Crippen LogP contribution is 2.29. The summed E-state index contributed by atoms with van der Waals surface area (Å²) in [6.07, 6.45) is -4.48. The number of halogens is 3. The fraction of sp³-hybridized carbons (Fsp3) is 0.333. The van der Waals surface area contributed by atoms with Gasteiger partial charge in [-0.1, -0.05) is 12.1 Å². The lowest BCUT2D eigenvalue weighted by Crippen LogP contribution is -2.40. The number of benzene rings is 1. The van der Waals surface area contributed by atoms with Crippen molar-refractivity contribution in [1.29, 1.82) is 0 Å². The Morgan fingerprint density at radius 1 is 1.26 bits per heavy atom. The van der Waals surface area contributed by atoms with Gasteiger partial charge in [0, 0.05) is 5.56 Å². The van der Waals surface area contributed by atoms with Crippen LogP contribution in [0.25, 0.3) is 0 Å². The van der Waals surface area contributed by atoms with Crippen LogP contribution >= 0.6 is 0 Å². The number of ketones is 1. The van der Waals surface area contributed by atoms with E-state index in [-0.39, 0.29) is 12.2 Å². The van der Waals surface area contributed by atoms with Crippen molar-refractivity contribution in [2.24, 2.45) is 5.73 Å². The van der Waals surface area contributed by atoms with E-state index in [1.807, 2.05) is 0 Å². The molecule has 0 fully saturated rings. The Bertz CT molecular complexity index is 468. The van der Waals surface area contributed by atoms with Crippen molar-refractivity contribution in [3.8, 4) is 0 Å². The molecule has 1 atom stereocenters. The Balaban J connectivity index is 2.87. The van der Waals surface area contributed by atoms with E-state index < -0.39 is 29.5 Å². The summed E-state index contributed by atoms with van der Waals surface area (Å²) in [7, 11) is 0. The smallest absolute Gasteiger partial charge is 0.416 e. The van der Waals surface area contributed by atoms with Gasteiger partial charge in [-0.3, -0.25) is 4.79 Å². The van der Waals surface area contributed by atoms with Crippen molar-refractivity contribution in [3.63, 3.8) is 0 Å². The second kappa shape index (κ2) is 5.83. The molecule has 4 nitrogen and oxygen atoms in total. The van der Waals surface area contributed by atoms with Crippen molar-refractivity contribution < 1.29 is 27.5 Å². The van der Waals surface area contributed by atoms with Gasteiger partial charge >= 0.3 is 12.1 Å². The van der Waals surface area contributed by atoms with Gasteiger partial charge in [0.2, 0.25) is 0 Å². The van der Waals surface area contributed by atoms with Gasteiger partial charge in [0.15, 0.2) is 11.8 Å². The summed E-state index contributed by atoms with van der Waals surface area (Å²) in [5.74, 6) is -1.69. The average Bonchev–Trinajstić information content (AvgIpc) is 2.36. The number of carbonyl (C=O) groups is 2. The SMILES string of the molecule is CCOC(=O)C(N)C(=O)c1ccc(C(F)(F)F)cc1. The van der Waals surface area contributed by atoms with Gasteiger partial charge in [-0.15, -0.1) is 0 Å². The summed E-state index contributed by atoms with van der Waals surface area (Å²) in [6.45, 7) is 1.61. The summed E-state index contributed by atoms with van der Waals surface area (Å²) < 4.78 is 41.5. The molecule has 7 heteroatoms. The quantitative estimate of drug-likeness (QED) is 0.516. The standard InChI is InChI=1S/C12H12F3NO3/c1-2-19-11(18)9(16)10(17)7-3-5-8(6-4-7)12(13,14)15/h3-6,9H,2,16H2,1H3. The minimum absolute atomic E-state index is 0.0623. The molecule has 1 aromatic rings. The highest BCUT2D eigenvalue weighted by atomic mass is 19.4. The Morgan fingerprint density at radius 2 is 1.79 bits per heavy atom. The maximum absolute atomic E-state index is 12.3. The van der Waals surface area contributed by atoms with Gasteiger partial charge in [0.05, 0.1) is 12.2 Å². The highest BCUT2D eigenvalue weighted by molar-refractivity contribution is 6.11. The third-order valence-electron chi connectivity index (χ3n) is 2.32. The summed E-state index contributed by atoms with van der Waals surface area (Å²) in [5, 5.41) is 0. The molecule has 19 heavy (non-hydrogen) atoms. The molecule has 0 aliphatic carbocycles. The van der Waals surface area contributed by atoms with E-state index in [9.17, 15) is 22.8 Å². The van der Waals surface area contributed by atoms with Crippen molar-refractivity contribution in [2.75, 3.05) is 6.61 Å². The van der Waals surface area contributed by atoms with Crippen molar-refractivity contribution in [3.05, 3.63) is 35.4 Å². The molecule has 2 N–H and O–H groups in total. The van der Waals surface area contributed by atoms with E-state index in [1.165, 1.54) is 0 Å². The van der Waals surface area contributed by atoms with Gasteiger partial charge < -0.3 is 10.5 Å². The number of rotatable bonds is 4. The molecular formula is C12H12F3NO3. The molecule has 0 amide bonds. The third kappa shape index (κ3) is 3.78. The first-order valence-corrected chi connectivity index (χ1v) is 5.41. The van der Waals surface area contributed by atoms with Crippen LogP contribution < -0.4 is 5.73 Å². The third-order valence-corrected chi connectivity index (χ3v) is 2.32. The second-order valence-electron chi connectivity index (χ2n) is 3.67. The Kier molecular flexibility index (Phi) is 4.66. The number of ether oxygens (including phenoxy) is 1. The predicted molar refractivity (Wildman–Crippen MR) is 60.4 cm³/mol. The van der Waals surface area contributed by atoms with E-state index >= 15 is 0 Å². The number of Topliss-reactive ketones (excluding diaryl/α,β-unsaturated/α-hetero) is 1. The van der Waals surface area contributed by atoms with Crippen LogP contribution in [0, 0.1) is 0 Å². The van der Waals surface area contributed by atoms with Gasteiger partial charge in [-0.05, 0) is 19.1 Å². The molecule has 0 radical (unpaired) electrons. The number of carbonyl (C=O) groups excluding carboxylic acids is 2. The van der Waals surface area contributed by atoms with Gasteiger partial charge in [-0.25, -0.2) is 4.79 Å². The molecule has 1 rings (SSSR count). The van der Waals surface area contributed by atoms with E-state index in [2.05, 4.69) is 4.74 Å². The van der Waals surface area contributed by atoms with Crippen LogP contribution in [0.5, 0.6) is 0 Å². The van der Waals surface area contributed by atoms with Crippen LogP contribution in [-0.2, 0) is 15.7 Å². The normalized spacial score (nSPS) is 12.9. The fourth-order valence-electron chi connectivity index (χ4n) is 1.34. The van der Waals surface area contributed by atoms with Crippen LogP contribution in [-0.4, -0.2) is 24.4 Å². The summed E-state index contributed by atoms with van der Waals surface area (Å²) >= 11 is 0. The predicted octanol–water partition coefficient (Wildman–Crippen LogP) is 1.78. The first-order chi connectivity index (χ1) is 8.77. The first-order valence-electron chi connectivity index (χ1n) is 5.41. The summed E-state index contributed by atoms with van der Waals surface area (Å²) in [5.41, 5.74) is 4.40. The first kappa shape index (κ1) is 15.2. The Morgan fingerprint density at radius 3 is 2.21 bits per heavy atom. The highest BCUT2D eigenvalue weighted by Gasteiger charge is 2.31. The lowest BCUT2D eigenvalue weighted by Gasteiger charge is -2.10. The molecule has 0 aliphatic heterocycles. The lowest BCUT2D eigenvalue weighted by atomic mass is 10.0. The average molecular weight is 275 g/mol. The van der Waals surface area contributed by atoms with Crippen LogP contribution in [0.2, 0.25) is 0 Å². The van der Waals surface area contributed by atoms with Crippen LogP contribution in [0.3, 0.4) is 0 Å². The summed E-state index contributed by atoms with van der Waals surface area (Å²) in [4.78, 5) is 23.0. The van der Waals surface area contributed by atoms with E-state index in [0.29, 0.717) is 0 Å². The van der Waals surface area contributed by atoms with Crippen LogP contribution in [0.1, 0.15) is 22.8 Å². The maximum Gasteiger partial charge on any atom is 0.416 e. The second-order valence-corrected chi connectivity index (χ2v) is 3.67. The molecular weight excluding hydrogens is 263 g/mol. The monoisotopic (exact) mass is 275 g/mol. The molecule has 1 aromatic carbocycles. The van der Waals surface area contributed by atoms with Crippen molar-refractivity contribution >= 4 is 11.8 Å². The molecule has 0 saturated carbocycles. The number of hydrogen-bond donors (Lipinski definition) is 1. The molecule has 0 aromatic heterocycles. The van der Waals surface area contributed by atoms with E-state index in [0.717, 1.165) is 24.3 Å². The molecule has 0 heterocycles. The Hall–Kier alpha value is -1.89. The van der Waals surface area contributed by atoms with E-state index in [4.69, 9.17) is 5.73 Å². The molecule has 0 spiro atoms. The topological polar surface area (TPSA) is 69.4 Å². The zero-order chi connectivity index (χ0) is 14.6. The van der Waals surface area contributed by atoms with Crippen LogP contribution in [0.15, 0.2) is 24.3 Å². The van der Waals surface area contributed by atoms with Gasteiger partial charge in [0.25, 0.3) is 0 Å².